The fraction of sp³-hybridized carbons (Fsp3) is 0.444. The summed E-state index contributed by atoms with van der Waals surface area (Å²) in [7, 11) is 0. The fourth-order valence-corrected chi connectivity index (χ4v) is 2.04. The Bertz CT molecular complexity index is 573. The molecule has 0 saturated carbocycles. The summed E-state index contributed by atoms with van der Waals surface area (Å²) in [4.78, 5) is 22.2. The summed E-state index contributed by atoms with van der Waals surface area (Å²) in [6.45, 7) is 2.87. The topological polar surface area (TPSA) is 89.6 Å². The number of anilines is 1. The molecule has 16 heavy (non-hydrogen) atoms. The average molecular weight is 286 g/mol. The number of hydrogen-bond donors (Lipinski definition) is 2. The molecular formula is C9H12BrN5O. The minimum absolute atomic E-state index is 0.114. The third kappa shape index (κ3) is 1.82. The Morgan fingerprint density at radius 3 is 2.94 bits per heavy atom. The number of fused-ring (bicyclic) bond motifs is 1. The maximum absolute atomic E-state index is 11.6. The van der Waals surface area contributed by atoms with E-state index in [-0.39, 0.29) is 11.5 Å². The van der Waals surface area contributed by atoms with Gasteiger partial charge in [-0.2, -0.15) is 4.98 Å². The van der Waals surface area contributed by atoms with Crippen molar-refractivity contribution in [1.29, 1.82) is 0 Å². The minimum atomic E-state index is -0.307. The Kier molecular flexibility index (Phi) is 2.95. The molecule has 0 bridgehead atoms. The molecule has 0 aliphatic rings. The molecule has 0 saturated heterocycles. The minimum Gasteiger partial charge on any atom is -0.369 e. The van der Waals surface area contributed by atoms with Gasteiger partial charge in [0.2, 0.25) is 5.95 Å². The molecule has 0 atom stereocenters. The average Bonchev–Trinajstić information content (AvgIpc) is 2.53. The SMILES string of the molecule is CCCCn1c(Br)nc2c(=O)[nH]c(N)nc21. The highest BCUT2D eigenvalue weighted by molar-refractivity contribution is 9.10. The van der Waals surface area contributed by atoms with Crippen LogP contribution in [0.5, 0.6) is 0 Å². The van der Waals surface area contributed by atoms with Crippen LogP contribution in [-0.2, 0) is 6.54 Å². The molecule has 0 unspecified atom stereocenters. The molecule has 0 fully saturated rings. The lowest BCUT2D eigenvalue weighted by Crippen LogP contribution is -2.12. The zero-order valence-corrected chi connectivity index (χ0v) is 10.4. The molecule has 0 aliphatic carbocycles. The number of hydrogen-bond acceptors (Lipinski definition) is 4. The summed E-state index contributed by atoms with van der Waals surface area (Å²) in [5, 5.41) is 0. The van der Waals surface area contributed by atoms with Crippen LogP contribution in [0.4, 0.5) is 5.95 Å². The quantitative estimate of drug-likeness (QED) is 0.831. The van der Waals surface area contributed by atoms with Crippen LogP contribution in [0.2, 0.25) is 0 Å². The fourth-order valence-electron chi connectivity index (χ4n) is 1.52. The highest BCUT2D eigenvalue weighted by Crippen LogP contribution is 2.17. The van der Waals surface area contributed by atoms with Gasteiger partial charge < -0.3 is 10.3 Å². The Balaban J connectivity index is 2.64. The number of nitrogens with zero attached hydrogens (tertiary/aromatic N) is 3. The van der Waals surface area contributed by atoms with E-state index in [4.69, 9.17) is 5.73 Å². The monoisotopic (exact) mass is 285 g/mol. The Hall–Kier alpha value is -1.37. The first-order valence-corrected chi connectivity index (χ1v) is 5.84. The summed E-state index contributed by atoms with van der Waals surface area (Å²) >= 11 is 3.32. The molecule has 2 rings (SSSR count). The zero-order valence-electron chi connectivity index (χ0n) is 8.83. The molecule has 86 valence electrons. The number of imidazole rings is 1. The standard InChI is InChI=1S/C9H12BrN5O/c1-2-3-4-15-6-5(12-8(15)10)7(16)14-9(11)13-6/h2-4H2,1H3,(H3,11,13,14,16). The van der Waals surface area contributed by atoms with E-state index in [1.807, 2.05) is 4.57 Å². The molecule has 7 heteroatoms. The van der Waals surface area contributed by atoms with Crippen LogP contribution in [0.25, 0.3) is 11.2 Å². The largest absolute Gasteiger partial charge is 0.369 e. The van der Waals surface area contributed by atoms with Gasteiger partial charge in [-0.15, -0.1) is 0 Å². The molecule has 2 aromatic rings. The second-order valence-corrected chi connectivity index (χ2v) is 4.22. The van der Waals surface area contributed by atoms with Gasteiger partial charge in [-0.3, -0.25) is 9.78 Å². The van der Waals surface area contributed by atoms with Crippen molar-refractivity contribution in [1.82, 2.24) is 19.5 Å². The number of unbranched alkanes of at least 4 members (excludes halogenated alkanes) is 1. The number of nitrogens with one attached hydrogen (secondary N) is 1. The van der Waals surface area contributed by atoms with Crippen LogP contribution >= 0.6 is 15.9 Å². The maximum Gasteiger partial charge on any atom is 0.280 e. The van der Waals surface area contributed by atoms with E-state index < -0.39 is 0 Å². The first-order chi connectivity index (χ1) is 7.63. The van der Waals surface area contributed by atoms with Crippen molar-refractivity contribution < 1.29 is 0 Å². The number of aromatic nitrogens is 4. The number of halogens is 1. The molecule has 0 aliphatic heterocycles. The normalized spacial score (nSPS) is 11.1. The van der Waals surface area contributed by atoms with Gasteiger partial charge in [0.25, 0.3) is 5.56 Å². The summed E-state index contributed by atoms with van der Waals surface area (Å²) in [6, 6.07) is 0. The van der Waals surface area contributed by atoms with Gasteiger partial charge >= 0.3 is 0 Å². The second-order valence-electron chi connectivity index (χ2n) is 3.51. The summed E-state index contributed by atoms with van der Waals surface area (Å²) < 4.78 is 2.46. The molecule has 0 amide bonds. The van der Waals surface area contributed by atoms with E-state index in [1.165, 1.54) is 0 Å². The second kappa shape index (κ2) is 4.25. The van der Waals surface area contributed by atoms with Gasteiger partial charge in [0.05, 0.1) is 0 Å². The van der Waals surface area contributed by atoms with E-state index in [0.29, 0.717) is 15.9 Å². The summed E-state index contributed by atoms with van der Waals surface area (Å²) in [5.41, 5.74) is 6.05. The molecule has 0 spiro atoms. The number of H-pyrrole nitrogens is 1. The zero-order chi connectivity index (χ0) is 11.7. The van der Waals surface area contributed by atoms with Crippen LogP contribution in [0, 0.1) is 0 Å². The lowest BCUT2D eigenvalue weighted by atomic mass is 10.3. The van der Waals surface area contributed by atoms with Crippen LogP contribution in [0.3, 0.4) is 0 Å². The number of rotatable bonds is 3. The van der Waals surface area contributed by atoms with Gasteiger partial charge in [0.1, 0.15) is 0 Å². The van der Waals surface area contributed by atoms with Crippen LogP contribution < -0.4 is 11.3 Å². The molecule has 0 aromatic carbocycles. The number of nitrogens with two attached hydrogens (primary N) is 1. The summed E-state index contributed by atoms with van der Waals surface area (Å²) in [5.74, 6) is 0.114. The van der Waals surface area contributed by atoms with E-state index in [2.05, 4.69) is 37.8 Å². The third-order valence-corrected chi connectivity index (χ3v) is 2.92. The molecule has 2 heterocycles. The van der Waals surface area contributed by atoms with E-state index in [1.54, 1.807) is 0 Å². The van der Waals surface area contributed by atoms with Gasteiger partial charge in [-0.05, 0) is 22.4 Å². The van der Waals surface area contributed by atoms with Gasteiger partial charge in [-0.25, -0.2) is 4.98 Å². The Labute approximate surface area is 100 Å². The van der Waals surface area contributed by atoms with Crippen LogP contribution in [0.15, 0.2) is 9.53 Å². The van der Waals surface area contributed by atoms with E-state index in [0.717, 1.165) is 19.4 Å². The number of aryl methyl sites for hydroxylation is 1. The lowest BCUT2D eigenvalue weighted by molar-refractivity contribution is 0.631. The molecule has 3 N–H and O–H groups in total. The first kappa shape index (κ1) is 11.1. The molecule has 2 aromatic heterocycles. The highest BCUT2D eigenvalue weighted by atomic mass is 79.9. The number of nitrogen functional groups attached to an aromatic ring is 1. The lowest BCUT2D eigenvalue weighted by Gasteiger charge is -2.03. The predicted molar refractivity (Wildman–Crippen MR) is 65.2 cm³/mol. The van der Waals surface area contributed by atoms with Crippen molar-refractivity contribution >= 4 is 33.0 Å². The van der Waals surface area contributed by atoms with Gasteiger partial charge in [-0.1, -0.05) is 13.3 Å². The van der Waals surface area contributed by atoms with Crippen molar-refractivity contribution in [2.75, 3.05) is 5.73 Å². The van der Waals surface area contributed by atoms with Crippen molar-refractivity contribution in [2.24, 2.45) is 0 Å². The third-order valence-electron chi connectivity index (χ3n) is 2.31. The molecule has 6 nitrogen and oxygen atoms in total. The predicted octanol–water partition coefficient (Wildman–Crippen LogP) is 1.26. The molecular weight excluding hydrogens is 274 g/mol. The van der Waals surface area contributed by atoms with E-state index >= 15 is 0 Å². The van der Waals surface area contributed by atoms with E-state index in [9.17, 15) is 4.79 Å². The van der Waals surface area contributed by atoms with Gasteiger partial charge in [0.15, 0.2) is 15.9 Å². The number of aromatic amines is 1. The molecule has 0 radical (unpaired) electrons. The Morgan fingerprint density at radius 2 is 2.25 bits per heavy atom. The van der Waals surface area contributed by atoms with Gasteiger partial charge in [0, 0.05) is 6.54 Å². The summed E-state index contributed by atoms with van der Waals surface area (Å²) in [6.07, 6.45) is 2.06. The Morgan fingerprint density at radius 1 is 1.50 bits per heavy atom. The van der Waals surface area contributed by atoms with Crippen molar-refractivity contribution in [3.63, 3.8) is 0 Å². The van der Waals surface area contributed by atoms with Crippen molar-refractivity contribution in [3.05, 3.63) is 15.1 Å². The van der Waals surface area contributed by atoms with Crippen molar-refractivity contribution in [2.45, 2.75) is 26.3 Å². The van der Waals surface area contributed by atoms with Crippen molar-refractivity contribution in [3.8, 4) is 0 Å². The highest BCUT2D eigenvalue weighted by Gasteiger charge is 2.13. The maximum atomic E-state index is 11.6. The smallest absolute Gasteiger partial charge is 0.280 e. The van der Waals surface area contributed by atoms with Crippen LogP contribution in [0.1, 0.15) is 19.8 Å². The first-order valence-electron chi connectivity index (χ1n) is 5.05. The van der Waals surface area contributed by atoms with Crippen LogP contribution in [-0.4, -0.2) is 19.5 Å².